The third-order valence-electron chi connectivity index (χ3n) is 8.11. The zero-order valence-corrected chi connectivity index (χ0v) is 24.4. The van der Waals surface area contributed by atoms with Gasteiger partial charge in [0.2, 0.25) is 0 Å². The van der Waals surface area contributed by atoms with Crippen molar-refractivity contribution in [2.45, 2.75) is 40.0 Å². The van der Waals surface area contributed by atoms with Crippen LogP contribution in [0.5, 0.6) is 0 Å². The molecule has 0 N–H and O–H groups in total. The molecule has 0 heterocycles. The fourth-order valence-corrected chi connectivity index (χ4v) is 5.70. The summed E-state index contributed by atoms with van der Waals surface area (Å²) in [5.74, 6) is 0.466. The summed E-state index contributed by atoms with van der Waals surface area (Å²) in [6, 6.07) is 45.5. The molecule has 6 rings (SSSR count). The third-order valence-corrected chi connectivity index (χ3v) is 8.11. The lowest BCUT2D eigenvalue weighted by molar-refractivity contribution is 0.735. The highest BCUT2D eigenvalue weighted by atomic mass is 15.1. The number of fused-ring (bicyclic) bond motifs is 3. The van der Waals surface area contributed by atoms with E-state index in [1.807, 2.05) is 18.2 Å². The normalized spacial score (nSPS) is 11.6. The Labute approximate surface area is 239 Å². The lowest BCUT2D eigenvalue weighted by Crippen LogP contribution is -2.12. The zero-order valence-electron chi connectivity index (χ0n) is 24.4. The molecule has 0 aliphatic carbocycles. The van der Waals surface area contributed by atoms with Crippen LogP contribution in [0.2, 0.25) is 0 Å². The molecule has 1 heteroatoms. The highest BCUT2D eigenvalue weighted by Crippen LogP contribution is 2.46. The summed E-state index contributed by atoms with van der Waals surface area (Å²) in [6.45, 7) is 9.01. The topological polar surface area (TPSA) is 3.24 Å². The van der Waals surface area contributed by atoms with Crippen LogP contribution in [0.3, 0.4) is 0 Å². The van der Waals surface area contributed by atoms with Crippen molar-refractivity contribution in [2.75, 3.05) is 11.9 Å². The number of hydrogen-bond donors (Lipinski definition) is 0. The molecule has 1 atom stereocenters. The van der Waals surface area contributed by atoms with Crippen LogP contribution in [0.4, 0.5) is 11.4 Å². The summed E-state index contributed by atoms with van der Waals surface area (Å²) in [7, 11) is 2.19. The third kappa shape index (κ3) is 5.38. The van der Waals surface area contributed by atoms with E-state index in [1.165, 1.54) is 60.7 Å². The summed E-state index contributed by atoms with van der Waals surface area (Å²) < 4.78 is 0. The van der Waals surface area contributed by atoms with E-state index in [4.69, 9.17) is 0 Å². The molecular formula is C39H39N. The van der Waals surface area contributed by atoms with Crippen LogP contribution in [0.25, 0.3) is 32.7 Å². The Morgan fingerprint density at radius 2 is 1.07 bits per heavy atom. The maximum Gasteiger partial charge on any atom is 0.0491 e. The van der Waals surface area contributed by atoms with Crippen LogP contribution in [-0.2, 0) is 0 Å². The molecular weight excluding hydrogens is 482 g/mol. The lowest BCUT2D eigenvalue weighted by Gasteiger charge is -2.28. The van der Waals surface area contributed by atoms with E-state index in [0.29, 0.717) is 5.92 Å². The largest absolute Gasteiger partial charge is 0.344 e. The first-order valence-corrected chi connectivity index (χ1v) is 14.3. The van der Waals surface area contributed by atoms with Crippen LogP contribution in [-0.4, -0.2) is 7.05 Å². The molecule has 0 amide bonds. The fraction of sp³-hybridized carbons (Fsp3) is 0.179. The van der Waals surface area contributed by atoms with Gasteiger partial charge in [-0.3, -0.25) is 0 Å². The van der Waals surface area contributed by atoms with Crippen molar-refractivity contribution >= 4 is 32.9 Å². The Morgan fingerprint density at radius 3 is 1.65 bits per heavy atom. The predicted octanol–water partition coefficient (Wildman–Crippen LogP) is 11.2. The van der Waals surface area contributed by atoms with Crippen LogP contribution in [0, 0.1) is 13.8 Å². The van der Waals surface area contributed by atoms with Gasteiger partial charge >= 0.3 is 0 Å². The van der Waals surface area contributed by atoms with Crippen LogP contribution >= 0.6 is 0 Å². The molecule has 1 nitrogen and oxygen atoms in total. The monoisotopic (exact) mass is 521 g/mol. The molecule has 6 aromatic carbocycles. The van der Waals surface area contributed by atoms with Crippen molar-refractivity contribution in [1.29, 1.82) is 0 Å². The molecule has 0 spiro atoms. The number of benzene rings is 6. The van der Waals surface area contributed by atoms with Gasteiger partial charge in [-0.1, -0.05) is 129 Å². The SMILES string of the molecule is CCC(C)c1cccc(N(C)c2ccccc2)c1-c1c(C)c2ccccc2c2ccccc12.Cc1ccccc1. The molecule has 0 saturated carbocycles. The Kier molecular flexibility index (Phi) is 8.31. The van der Waals surface area contributed by atoms with Crippen LogP contribution in [0.15, 0.2) is 127 Å². The van der Waals surface area contributed by atoms with Crippen molar-refractivity contribution in [3.05, 3.63) is 144 Å². The molecule has 0 radical (unpaired) electrons. The van der Waals surface area contributed by atoms with E-state index in [1.54, 1.807) is 0 Å². The van der Waals surface area contributed by atoms with Gasteiger partial charge in [-0.25, -0.2) is 0 Å². The maximum absolute atomic E-state index is 2.35. The summed E-state index contributed by atoms with van der Waals surface area (Å²) in [5.41, 5.74) is 9.26. The number of hydrogen-bond acceptors (Lipinski definition) is 1. The molecule has 200 valence electrons. The first-order chi connectivity index (χ1) is 19.5. The standard InChI is InChI=1S/C32H31N.C7H8/c1-5-22(2)25-20-13-21-30(33(4)24-14-7-6-8-15-24)32(25)31-23(3)26-16-9-10-17-27(26)28-18-11-12-19-29(28)31;1-7-5-3-2-4-6-7/h6-22H,5H2,1-4H3;2-6H,1H3. The van der Waals surface area contributed by atoms with Gasteiger partial charge in [0, 0.05) is 24.0 Å². The van der Waals surface area contributed by atoms with Crippen LogP contribution < -0.4 is 4.90 Å². The van der Waals surface area contributed by atoms with Gasteiger partial charge in [0.15, 0.2) is 0 Å². The molecule has 0 aliphatic heterocycles. The van der Waals surface area contributed by atoms with E-state index in [-0.39, 0.29) is 0 Å². The molecule has 0 fully saturated rings. The average molecular weight is 522 g/mol. The van der Waals surface area contributed by atoms with Crippen LogP contribution in [0.1, 0.15) is 42.9 Å². The molecule has 40 heavy (non-hydrogen) atoms. The molecule has 6 aromatic rings. The van der Waals surface area contributed by atoms with Gasteiger partial charge < -0.3 is 4.90 Å². The quantitative estimate of drug-likeness (QED) is 0.204. The Hall–Kier alpha value is -4.36. The van der Waals surface area contributed by atoms with E-state index < -0.39 is 0 Å². The minimum Gasteiger partial charge on any atom is -0.344 e. The Morgan fingerprint density at radius 1 is 0.550 bits per heavy atom. The van der Waals surface area contributed by atoms with Gasteiger partial charge in [0.1, 0.15) is 0 Å². The second kappa shape index (κ2) is 12.2. The summed E-state index contributed by atoms with van der Waals surface area (Å²) in [4.78, 5) is 2.34. The predicted molar refractivity (Wildman–Crippen MR) is 176 cm³/mol. The number of para-hydroxylation sites is 1. The van der Waals surface area contributed by atoms with Crippen molar-refractivity contribution in [2.24, 2.45) is 0 Å². The number of rotatable bonds is 5. The minimum atomic E-state index is 0.466. The van der Waals surface area contributed by atoms with Gasteiger partial charge in [-0.2, -0.15) is 0 Å². The first kappa shape index (κ1) is 27.2. The number of anilines is 2. The summed E-state index contributed by atoms with van der Waals surface area (Å²) in [5, 5.41) is 5.31. The second-order valence-corrected chi connectivity index (χ2v) is 10.7. The van der Waals surface area contributed by atoms with E-state index in [2.05, 4.69) is 149 Å². The molecule has 0 bridgehead atoms. The maximum atomic E-state index is 2.35. The Bertz CT molecular complexity index is 1720. The molecule has 0 aromatic heterocycles. The zero-order chi connectivity index (χ0) is 28.1. The minimum absolute atomic E-state index is 0.466. The lowest BCUT2D eigenvalue weighted by atomic mass is 9.82. The highest BCUT2D eigenvalue weighted by Gasteiger charge is 2.22. The Balaban J connectivity index is 0.000000403. The van der Waals surface area contributed by atoms with Gasteiger partial charge in [-0.05, 0) is 82.6 Å². The second-order valence-electron chi connectivity index (χ2n) is 10.7. The molecule has 1 unspecified atom stereocenters. The van der Waals surface area contributed by atoms with E-state index in [9.17, 15) is 0 Å². The van der Waals surface area contributed by atoms with Gasteiger partial charge in [0.25, 0.3) is 0 Å². The summed E-state index contributed by atoms with van der Waals surface area (Å²) >= 11 is 0. The van der Waals surface area contributed by atoms with E-state index in [0.717, 1.165) is 6.42 Å². The number of nitrogens with zero attached hydrogens (tertiary/aromatic N) is 1. The first-order valence-electron chi connectivity index (χ1n) is 14.3. The van der Waals surface area contributed by atoms with Gasteiger partial charge in [0.05, 0.1) is 0 Å². The smallest absolute Gasteiger partial charge is 0.0491 e. The fourth-order valence-electron chi connectivity index (χ4n) is 5.70. The molecule has 0 aliphatic rings. The average Bonchev–Trinajstić information content (AvgIpc) is 3.01. The number of aryl methyl sites for hydroxylation is 2. The van der Waals surface area contributed by atoms with Crippen molar-refractivity contribution < 1.29 is 0 Å². The van der Waals surface area contributed by atoms with Crippen molar-refractivity contribution in [3.8, 4) is 11.1 Å². The highest BCUT2D eigenvalue weighted by molar-refractivity contribution is 6.17. The van der Waals surface area contributed by atoms with Crippen molar-refractivity contribution in [1.82, 2.24) is 0 Å². The summed E-state index contributed by atoms with van der Waals surface area (Å²) in [6.07, 6.45) is 1.11. The van der Waals surface area contributed by atoms with Gasteiger partial charge in [-0.15, -0.1) is 0 Å². The molecule has 0 saturated heterocycles. The van der Waals surface area contributed by atoms with Crippen molar-refractivity contribution in [3.63, 3.8) is 0 Å². The van der Waals surface area contributed by atoms with E-state index >= 15 is 0 Å².